The lowest BCUT2D eigenvalue weighted by atomic mass is 10.0. The van der Waals surface area contributed by atoms with E-state index in [4.69, 9.17) is 4.74 Å². The van der Waals surface area contributed by atoms with Crippen molar-refractivity contribution in [3.63, 3.8) is 0 Å². The minimum atomic E-state index is 0.718. The molecule has 2 aromatic rings. The maximum atomic E-state index is 5.46. The number of hydrogen-bond acceptors (Lipinski definition) is 2. The largest absolute Gasteiger partial charge is 0.494 e. The van der Waals surface area contributed by atoms with Gasteiger partial charge in [0.05, 0.1) is 6.61 Å². The molecule has 0 amide bonds. The van der Waals surface area contributed by atoms with Crippen molar-refractivity contribution in [1.82, 2.24) is 4.98 Å². The van der Waals surface area contributed by atoms with Crippen molar-refractivity contribution in [2.75, 3.05) is 6.61 Å². The second kappa shape index (κ2) is 8.46. The van der Waals surface area contributed by atoms with Gasteiger partial charge in [-0.1, -0.05) is 31.5 Å². The second-order valence-corrected chi connectivity index (χ2v) is 5.34. The van der Waals surface area contributed by atoms with Gasteiger partial charge in [-0.2, -0.15) is 0 Å². The Kier molecular flexibility index (Phi) is 6.26. The van der Waals surface area contributed by atoms with E-state index in [1.165, 1.54) is 29.7 Å². The van der Waals surface area contributed by atoms with E-state index in [2.05, 4.69) is 36.2 Å². The molecule has 2 heteroatoms. The molecule has 0 N–H and O–H groups in total. The highest BCUT2D eigenvalue weighted by atomic mass is 16.5. The van der Waals surface area contributed by atoms with E-state index in [1.54, 1.807) is 0 Å². The van der Waals surface area contributed by atoms with Crippen LogP contribution in [-0.4, -0.2) is 11.6 Å². The molecule has 0 radical (unpaired) electrons. The number of benzene rings is 1. The normalized spacial score (nSPS) is 10.6. The summed E-state index contributed by atoms with van der Waals surface area (Å²) < 4.78 is 5.46. The summed E-state index contributed by atoms with van der Waals surface area (Å²) in [5.41, 5.74) is 3.86. The van der Waals surface area contributed by atoms with Crippen molar-refractivity contribution < 1.29 is 4.74 Å². The summed E-state index contributed by atoms with van der Waals surface area (Å²) in [5, 5.41) is 0. The van der Waals surface area contributed by atoms with Crippen LogP contribution in [0.4, 0.5) is 0 Å². The van der Waals surface area contributed by atoms with Gasteiger partial charge < -0.3 is 4.74 Å². The molecule has 1 aromatic carbocycles. The molecule has 0 unspecified atom stereocenters. The maximum Gasteiger partial charge on any atom is 0.119 e. The van der Waals surface area contributed by atoms with E-state index >= 15 is 0 Å². The van der Waals surface area contributed by atoms with Gasteiger partial charge in [0.2, 0.25) is 0 Å². The standard InChI is InChI=1S/C19H25NO/c1-3-5-6-18-12-9-17(15-20-18)8-7-16-10-13-19(14-11-16)21-4-2/h9-15H,3-8H2,1-2H3. The van der Waals surface area contributed by atoms with Crippen LogP contribution in [0.5, 0.6) is 5.75 Å². The smallest absolute Gasteiger partial charge is 0.119 e. The molecule has 0 aliphatic carbocycles. The molecule has 0 aliphatic rings. The molecule has 0 aliphatic heterocycles. The van der Waals surface area contributed by atoms with Gasteiger partial charge in [-0.3, -0.25) is 4.98 Å². The van der Waals surface area contributed by atoms with Crippen molar-refractivity contribution >= 4 is 0 Å². The number of aryl methyl sites for hydroxylation is 3. The third kappa shape index (κ3) is 5.22. The Morgan fingerprint density at radius 3 is 2.19 bits per heavy atom. The van der Waals surface area contributed by atoms with Gasteiger partial charge in [-0.15, -0.1) is 0 Å². The Bertz CT molecular complexity index is 516. The third-order valence-corrected chi connectivity index (χ3v) is 3.61. The SMILES string of the molecule is CCCCc1ccc(CCc2ccc(OCC)cc2)cn1. The summed E-state index contributed by atoms with van der Waals surface area (Å²) in [7, 11) is 0. The van der Waals surface area contributed by atoms with Crippen LogP contribution in [0.25, 0.3) is 0 Å². The Labute approximate surface area is 128 Å². The Morgan fingerprint density at radius 2 is 1.57 bits per heavy atom. The minimum Gasteiger partial charge on any atom is -0.494 e. The van der Waals surface area contributed by atoms with Crippen LogP contribution in [0.2, 0.25) is 0 Å². The first-order valence-electron chi connectivity index (χ1n) is 7.97. The number of ether oxygens (including phenoxy) is 1. The number of nitrogens with zero attached hydrogens (tertiary/aromatic N) is 1. The van der Waals surface area contributed by atoms with Crippen LogP contribution in [-0.2, 0) is 19.3 Å². The van der Waals surface area contributed by atoms with Gasteiger partial charge in [-0.05, 0) is 61.9 Å². The first kappa shape index (κ1) is 15.6. The molecular weight excluding hydrogens is 258 g/mol. The molecule has 0 bridgehead atoms. The van der Waals surface area contributed by atoms with Gasteiger partial charge in [0.1, 0.15) is 5.75 Å². The second-order valence-electron chi connectivity index (χ2n) is 5.34. The number of hydrogen-bond donors (Lipinski definition) is 0. The molecular formula is C19H25NO. The lowest BCUT2D eigenvalue weighted by Gasteiger charge is -2.06. The van der Waals surface area contributed by atoms with Crippen LogP contribution >= 0.6 is 0 Å². The first-order valence-corrected chi connectivity index (χ1v) is 7.97. The highest BCUT2D eigenvalue weighted by Crippen LogP contribution is 2.14. The van der Waals surface area contributed by atoms with Gasteiger partial charge in [0.15, 0.2) is 0 Å². The van der Waals surface area contributed by atoms with E-state index in [9.17, 15) is 0 Å². The van der Waals surface area contributed by atoms with Crippen LogP contribution < -0.4 is 4.74 Å². The van der Waals surface area contributed by atoms with Crippen molar-refractivity contribution in [1.29, 1.82) is 0 Å². The maximum absolute atomic E-state index is 5.46. The zero-order valence-electron chi connectivity index (χ0n) is 13.1. The van der Waals surface area contributed by atoms with Crippen molar-refractivity contribution in [2.45, 2.75) is 46.0 Å². The molecule has 0 fully saturated rings. The van der Waals surface area contributed by atoms with Crippen LogP contribution in [0.1, 0.15) is 43.5 Å². The minimum absolute atomic E-state index is 0.718. The van der Waals surface area contributed by atoms with Gasteiger partial charge >= 0.3 is 0 Å². The highest BCUT2D eigenvalue weighted by molar-refractivity contribution is 5.28. The van der Waals surface area contributed by atoms with Crippen LogP contribution in [0, 0.1) is 0 Å². The molecule has 2 rings (SSSR count). The zero-order chi connectivity index (χ0) is 14.9. The number of unbranched alkanes of at least 4 members (excludes halogenated alkanes) is 1. The average molecular weight is 283 g/mol. The molecule has 1 heterocycles. The van der Waals surface area contributed by atoms with E-state index in [1.807, 2.05) is 25.3 Å². The topological polar surface area (TPSA) is 22.1 Å². The summed E-state index contributed by atoms with van der Waals surface area (Å²) in [4.78, 5) is 4.55. The molecule has 2 nitrogen and oxygen atoms in total. The molecule has 0 spiro atoms. The van der Waals surface area contributed by atoms with Crippen molar-refractivity contribution in [3.8, 4) is 5.75 Å². The molecule has 112 valence electrons. The monoisotopic (exact) mass is 283 g/mol. The molecule has 0 saturated carbocycles. The van der Waals surface area contributed by atoms with Gasteiger partial charge in [0, 0.05) is 11.9 Å². The van der Waals surface area contributed by atoms with Crippen molar-refractivity contribution in [3.05, 3.63) is 59.4 Å². The number of pyridine rings is 1. The Balaban J connectivity index is 1.84. The summed E-state index contributed by atoms with van der Waals surface area (Å²) in [6.45, 7) is 4.94. The molecule has 0 saturated heterocycles. The fourth-order valence-electron chi connectivity index (χ4n) is 2.32. The van der Waals surface area contributed by atoms with Gasteiger partial charge in [0.25, 0.3) is 0 Å². The van der Waals surface area contributed by atoms with Crippen LogP contribution in [0.15, 0.2) is 42.6 Å². The predicted octanol–water partition coefficient (Wildman–Crippen LogP) is 4.61. The van der Waals surface area contributed by atoms with E-state index < -0.39 is 0 Å². The average Bonchev–Trinajstić information content (AvgIpc) is 2.53. The fraction of sp³-hybridized carbons (Fsp3) is 0.421. The fourth-order valence-corrected chi connectivity index (χ4v) is 2.32. The lowest BCUT2D eigenvalue weighted by Crippen LogP contribution is -1.96. The number of rotatable bonds is 8. The first-order chi connectivity index (χ1) is 10.3. The number of aromatic nitrogens is 1. The summed E-state index contributed by atoms with van der Waals surface area (Å²) in [6, 6.07) is 12.8. The molecule has 21 heavy (non-hydrogen) atoms. The van der Waals surface area contributed by atoms with E-state index in [-0.39, 0.29) is 0 Å². The van der Waals surface area contributed by atoms with Gasteiger partial charge in [-0.25, -0.2) is 0 Å². The van der Waals surface area contributed by atoms with E-state index in [0.29, 0.717) is 0 Å². The Morgan fingerprint density at radius 1 is 0.857 bits per heavy atom. The highest BCUT2D eigenvalue weighted by Gasteiger charge is 1.99. The molecule has 1 aromatic heterocycles. The van der Waals surface area contributed by atoms with Crippen LogP contribution in [0.3, 0.4) is 0 Å². The molecule has 0 atom stereocenters. The third-order valence-electron chi connectivity index (χ3n) is 3.61. The van der Waals surface area contributed by atoms with E-state index in [0.717, 1.165) is 31.6 Å². The summed E-state index contributed by atoms with van der Waals surface area (Å²) in [6.07, 6.45) is 7.65. The summed E-state index contributed by atoms with van der Waals surface area (Å²) in [5.74, 6) is 0.947. The summed E-state index contributed by atoms with van der Waals surface area (Å²) >= 11 is 0. The quantitative estimate of drug-likeness (QED) is 0.706. The van der Waals surface area contributed by atoms with Crippen molar-refractivity contribution in [2.24, 2.45) is 0 Å². The zero-order valence-corrected chi connectivity index (χ0v) is 13.1. The lowest BCUT2D eigenvalue weighted by molar-refractivity contribution is 0.340. The predicted molar refractivity (Wildman–Crippen MR) is 87.9 cm³/mol. The Hall–Kier alpha value is -1.83.